The summed E-state index contributed by atoms with van der Waals surface area (Å²) in [6.45, 7) is 2.05. The van der Waals surface area contributed by atoms with E-state index in [1.165, 1.54) is 5.69 Å². The van der Waals surface area contributed by atoms with Crippen LogP contribution in [-0.2, 0) is 12.8 Å². The molecule has 3 heterocycles. The second-order valence-electron chi connectivity index (χ2n) is 4.58. The van der Waals surface area contributed by atoms with Crippen molar-refractivity contribution in [3.05, 3.63) is 39.5 Å². The molecule has 0 aromatic carbocycles. The molecule has 3 aromatic rings. The molecule has 0 aliphatic rings. The van der Waals surface area contributed by atoms with Gasteiger partial charge in [0.2, 0.25) is 0 Å². The molecule has 1 atom stereocenters. The number of hydrogen-bond donors (Lipinski definition) is 1. The van der Waals surface area contributed by atoms with Crippen LogP contribution >= 0.6 is 22.7 Å². The predicted octanol–water partition coefficient (Wildman–Crippen LogP) is 2.53. The topological polar surface area (TPSA) is 42.2 Å². The van der Waals surface area contributed by atoms with Crippen molar-refractivity contribution in [3.8, 4) is 0 Å². The van der Waals surface area contributed by atoms with Gasteiger partial charge in [-0.1, -0.05) is 0 Å². The van der Waals surface area contributed by atoms with Gasteiger partial charge in [-0.25, -0.2) is 9.97 Å². The molecule has 3 aromatic heterocycles. The lowest BCUT2D eigenvalue weighted by atomic mass is 10.1. The largest absolute Gasteiger partial charge is 0.316 e. The van der Waals surface area contributed by atoms with E-state index in [4.69, 9.17) is 0 Å². The molecule has 0 fully saturated rings. The standard InChI is InChI=1S/C13H16N4S2/c1-9-15-12(8-19-9)6-10(14-2)5-11-7-17-3-4-18-13(17)16-11/h3-4,7-8,10,14H,5-6H2,1-2H3. The number of imidazole rings is 1. The summed E-state index contributed by atoms with van der Waals surface area (Å²) in [5, 5.41) is 8.69. The van der Waals surface area contributed by atoms with Crippen molar-refractivity contribution < 1.29 is 0 Å². The number of nitrogens with zero attached hydrogens (tertiary/aromatic N) is 3. The van der Waals surface area contributed by atoms with Gasteiger partial charge in [-0.3, -0.25) is 4.40 Å². The Balaban J connectivity index is 1.70. The maximum atomic E-state index is 4.63. The number of nitrogens with one attached hydrogen (secondary N) is 1. The van der Waals surface area contributed by atoms with Crippen LogP contribution in [0.1, 0.15) is 16.4 Å². The summed E-state index contributed by atoms with van der Waals surface area (Å²) in [4.78, 5) is 10.2. The molecule has 0 bridgehead atoms. The first-order valence-corrected chi connectivity index (χ1v) is 8.00. The third kappa shape index (κ3) is 2.86. The van der Waals surface area contributed by atoms with Gasteiger partial charge >= 0.3 is 0 Å². The van der Waals surface area contributed by atoms with E-state index in [-0.39, 0.29) is 0 Å². The van der Waals surface area contributed by atoms with Crippen LogP contribution in [0.25, 0.3) is 4.96 Å². The Morgan fingerprint density at radius 2 is 2.11 bits per heavy atom. The summed E-state index contributed by atoms with van der Waals surface area (Å²) < 4.78 is 2.08. The third-order valence-corrected chi connectivity index (χ3v) is 4.72. The predicted molar refractivity (Wildman–Crippen MR) is 80.2 cm³/mol. The Morgan fingerprint density at radius 3 is 2.79 bits per heavy atom. The molecule has 0 radical (unpaired) electrons. The molecular weight excluding hydrogens is 276 g/mol. The van der Waals surface area contributed by atoms with E-state index in [9.17, 15) is 0 Å². The van der Waals surface area contributed by atoms with E-state index in [0.717, 1.165) is 28.5 Å². The van der Waals surface area contributed by atoms with Crippen LogP contribution in [0.3, 0.4) is 0 Å². The van der Waals surface area contributed by atoms with Gasteiger partial charge in [0.1, 0.15) is 0 Å². The fraction of sp³-hybridized carbons (Fsp3) is 0.385. The van der Waals surface area contributed by atoms with Crippen molar-refractivity contribution in [3.63, 3.8) is 0 Å². The molecule has 19 heavy (non-hydrogen) atoms. The zero-order valence-corrected chi connectivity index (χ0v) is 12.6. The first kappa shape index (κ1) is 12.8. The van der Waals surface area contributed by atoms with E-state index >= 15 is 0 Å². The smallest absolute Gasteiger partial charge is 0.193 e. The minimum absolute atomic E-state index is 0.381. The highest BCUT2D eigenvalue weighted by Crippen LogP contribution is 2.15. The summed E-state index contributed by atoms with van der Waals surface area (Å²) in [5.74, 6) is 0. The van der Waals surface area contributed by atoms with Crippen LogP contribution in [0.5, 0.6) is 0 Å². The number of fused-ring (bicyclic) bond motifs is 1. The molecule has 6 heteroatoms. The average Bonchev–Trinajstić information content (AvgIpc) is 3.04. The summed E-state index contributed by atoms with van der Waals surface area (Å²) >= 11 is 3.38. The molecular formula is C13H16N4S2. The molecule has 1 N–H and O–H groups in total. The van der Waals surface area contributed by atoms with Gasteiger partial charge in [-0.2, -0.15) is 0 Å². The highest BCUT2D eigenvalue weighted by Gasteiger charge is 2.13. The fourth-order valence-electron chi connectivity index (χ4n) is 2.16. The Bertz CT molecular complexity index is 638. The number of hydrogen-bond acceptors (Lipinski definition) is 5. The maximum Gasteiger partial charge on any atom is 0.193 e. The van der Waals surface area contributed by atoms with Gasteiger partial charge < -0.3 is 5.32 Å². The molecule has 0 aliphatic heterocycles. The van der Waals surface area contributed by atoms with E-state index in [1.807, 2.05) is 14.0 Å². The molecule has 0 saturated heterocycles. The summed E-state index contributed by atoms with van der Waals surface area (Å²) in [6.07, 6.45) is 6.05. The van der Waals surface area contributed by atoms with Crippen molar-refractivity contribution in [2.45, 2.75) is 25.8 Å². The Kier molecular flexibility index (Phi) is 3.63. The van der Waals surface area contributed by atoms with Crippen LogP contribution in [0, 0.1) is 6.92 Å². The normalized spacial score (nSPS) is 13.2. The Hall–Kier alpha value is -1.24. The average molecular weight is 292 g/mol. The minimum Gasteiger partial charge on any atom is -0.316 e. The molecule has 4 nitrogen and oxygen atoms in total. The zero-order chi connectivity index (χ0) is 13.2. The number of rotatable bonds is 5. The van der Waals surface area contributed by atoms with Crippen molar-refractivity contribution >= 4 is 27.6 Å². The second-order valence-corrected chi connectivity index (χ2v) is 6.51. The van der Waals surface area contributed by atoms with Crippen molar-refractivity contribution in [1.82, 2.24) is 19.7 Å². The van der Waals surface area contributed by atoms with E-state index in [1.54, 1.807) is 22.7 Å². The van der Waals surface area contributed by atoms with E-state index < -0.39 is 0 Å². The van der Waals surface area contributed by atoms with Crippen LogP contribution in [0.2, 0.25) is 0 Å². The molecule has 1 unspecified atom stereocenters. The SMILES string of the molecule is CNC(Cc1csc(C)n1)Cc1cn2ccsc2n1. The maximum absolute atomic E-state index is 4.63. The summed E-state index contributed by atoms with van der Waals surface area (Å²) in [6, 6.07) is 0.381. The van der Waals surface area contributed by atoms with Gasteiger partial charge in [-0.15, -0.1) is 22.7 Å². The van der Waals surface area contributed by atoms with Crippen LogP contribution in [0.4, 0.5) is 0 Å². The third-order valence-electron chi connectivity index (χ3n) is 3.13. The second kappa shape index (κ2) is 5.40. The minimum atomic E-state index is 0.381. The Labute approximate surface area is 120 Å². The quantitative estimate of drug-likeness (QED) is 0.786. The molecule has 0 aliphatic carbocycles. The lowest BCUT2D eigenvalue weighted by Crippen LogP contribution is -2.30. The molecule has 100 valence electrons. The van der Waals surface area contributed by atoms with Crippen molar-refractivity contribution in [1.29, 1.82) is 0 Å². The summed E-state index contributed by atoms with van der Waals surface area (Å²) in [7, 11) is 2.00. The number of aryl methyl sites for hydroxylation is 1. The highest BCUT2D eigenvalue weighted by molar-refractivity contribution is 7.15. The zero-order valence-electron chi connectivity index (χ0n) is 11.0. The number of likely N-dealkylation sites (N-methyl/N-ethyl adjacent to an activating group) is 1. The first-order valence-electron chi connectivity index (χ1n) is 6.24. The van der Waals surface area contributed by atoms with Gasteiger partial charge in [0.05, 0.1) is 16.4 Å². The van der Waals surface area contributed by atoms with Gasteiger partial charge in [0, 0.05) is 42.0 Å². The highest BCUT2D eigenvalue weighted by atomic mass is 32.1. The first-order chi connectivity index (χ1) is 9.24. The fourth-order valence-corrected chi connectivity index (χ4v) is 3.50. The lowest BCUT2D eigenvalue weighted by Gasteiger charge is -2.13. The van der Waals surface area contributed by atoms with Crippen molar-refractivity contribution in [2.24, 2.45) is 0 Å². The van der Waals surface area contributed by atoms with Crippen molar-refractivity contribution in [2.75, 3.05) is 7.05 Å². The Morgan fingerprint density at radius 1 is 1.26 bits per heavy atom. The van der Waals surface area contributed by atoms with E-state index in [2.05, 4.69) is 42.8 Å². The van der Waals surface area contributed by atoms with E-state index in [0.29, 0.717) is 6.04 Å². The van der Waals surface area contributed by atoms with Gasteiger partial charge in [0.15, 0.2) is 4.96 Å². The molecule has 3 rings (SSSR count). The monoisotopic (exact) mass is 292 g/mol. The van der Waals surface area contributed by atoms with Gasteiger partial charge in [0.25, 0.3) is 0 Å². The van der Waals surface area contributed by atoms with Crippen LogP contribution < -0.4 is 5.32 Å². The molecule has 0 saturated carbocycles. The molecule has 0 spiro atoms. The molecule has 0 amide bonds. The number of aromatic nitrogens is 3. The van der Waals surface area contributed by atoms with Crippen LogP contribution in [0.15, 0.2) is 23.2 Å². The lowest BCUT2D eigenvalue weighted by molar-refractivity contribution is 0.546. The number of thiazole rings is 2. The van der Waals surface area contributed by atoms with Crippen LogP contribution in [-0.4, -0.2) is 27.5 Å². The van der Waals surface area contributed by atoms with Gasteiger partial charge in [-0.05, 0) is 14.0 Å². The summed E-state index contributed by atoms with van der Waals surface area (Å²) in [5.41, 5.74) is 2.31.